The molecule has 1 fully saturated rings. The number of nitrogens with zero attached hydrogens (tertiary/aromatic N) is 2. The van der Waals surface area contributed by atoms with Crippen molar-refractivity contribution in [2.75, 3.05) is 13.1 Å². The maximum atomic E-state index is 10.6. The van der Waals surface area contributed by atoms with Crippen LogP contribution in [-0.2, 0) is 11.8 Å². The van der Waals surface area contributed by atoms with Gasteiger partial charge in [0.15, 0.2) is 0 Å². The summed E-state index contributed by atoms with van der Waals surface area (Å²) in [5.74, 6) is -1.85. The number of piperidine rings is 1. The van der Waals surface area contributed by atoms with Crippen LogP contribution in [0.15, 0.2) is 48.5 Å². The fourth-order valence-corrected chi connectivity index (χ4v) is 3.90. The third-order valence-corrected chi connectivity index (χ3v) is 5.50. The summed E-state index contributed by atoms with van der Waals surface area (Å²) in [5, 5.41) is 15.9. The van der Waals surface area contributed by atoms with Gasteiger partial charge in [0.1, 0.15) is 11.9 Å². The molecule has 4 rings (SSSR count). The van der Waals surface area contributed by atoms with Crippen molar-refractivity contribution in [2.45, 2.75) is 32.0 Å². The first-order valence-electron chi connectivity index (χ1n) is 10.6. The summed E-state index contributed by atoms with van der Waals surface area (Å²) in [6.45, 7) is 4.05. The predicted octanol–water partition coefficient (Wildman–Crippen LogP) is 5.48. The van der Waals surface area contributed by atoms with Crippen LogP contribution in [0.1, 0.15) is 18.4 Å². The number of aromatic nitrogens is 2. The zero-order valence-corrected chi connectivity index (χ0v) is 19.5. The van der Waals surface area contributed by atoms with Crippen LogP contribution in [0.3, 0.4) is 0 Å². The van der Waals surface area contributed by atoms with Crippen molar-refractivity contribution >= 4 is 17.6 Å². The second-order valence-electron chi connectivity index (χ2n) is 7.87. The minimum atomic E-state index is -5.08. The smallest absolute Gasteiger partial charge is 0.489 e. The molecule has 34 heavy (non-hydrogen) atoms. The maximum absolute atomic E-state index is 10.6. The molecule has 182 valence electrons. The fraction of sp³-hybridized carbons (Fsp3) is 0.333. The third kappa shape index (κ3) is 6.51. The summed E-state index contributed by atoms with van der Waals surface area (Å²) in [4.78, 5) is 8.90. The number of benzene rings is 2. The van der Waals surface area contributed by atoms with E-state index < -0.39 is 12.1 Å². The highest BCUT2D eigenvalue weighted by Crippen LogP contribution is 2.38. The molecule has 1 aliphatic rings. The lowest BCUT2D eigenvalue weighted by Crippen LogP contribution is -2.34. The van der Waals surface area contributed by atoms with Crippen molar-refractivity contribution in [2.24, 2.45) is 7.05 Å². The molecule has 0 saturated carbocycles. The first kappa shape index (κ1) is 25.6. The highest BCUT2D eigenvalue weighted by Gasteiger charge is 2.38. The molecule has 0 aliphatic carbocycles. The molecule has 1 saturated heterocycles. The van der Waals surface area contributed by atoms with Crippen molar-refractivity contribution in [1.29, 1.82) is 0 Å². The molecule has 1 aliphatic heterocycles. The highest BCUT2D eigenvalue weighted by atomic mass is 35.5. The Morgan fingerprint density at radius 2 is 1.79 bits per heavy atom. The molecular weight excluding hydrogens is 471 g/mol. The maximum Gasteiger partial charge on any atom is 0.490 e. The van der Waals surface area contributed by atoms with Gasteiger partial charge in [-0.3, -0.25) is 4.68 Å². The number of rotatable bonds is 4. The molecule has 2 heterocycles. The van der Waals surface area contributed by atoms with E-state index in [-0.39, 0.29) is 6.10 Å². The first-order chi connectivity index (χ1) is 16.1. The van der Waals surface area contributed by atoms with E-state index in [0.717, 1.165) is 59.8 Å². The van der Waals surface area contributed by atoms with Gasteiger partial charge in [0.25, 0.3) is 0 Å². The van der Waals surface area contributed by atoms with Gasteiger partial charge < -0.3 is 15.2 Å². The zero-order chi connectivity index (χ0) is 24.9. The Hall–Kier alpha value is -3.04. The topological polar surface area (TPSA) is 76.4 Å². The average molecular weight is 496 g/mol. The largest absolute Gasteiger partial charge is 0.490 e. The fourth-order valence-electron chi connectivity index (χ4n) is 3.63. The van der Waals surface area contributed by atoms with Crippen molar-refractivity contribution < 1.29 is 27.8 Å². The molecule has 0 unspecified atom stereocenters. The second-order valence-corrected chi connectivity index (χ2v) is 8.31. The van der Waals surface area contributed by atoms with Crippen LogP contribution in [0, 0.1) is 6.92 Å². The number of aryl methyl sites for hydroxylation is 2. The lowest BCUT2D eigenvalue weighted by molar-refractivity contribution is -0.192. The number of ether oxygens (including phenoxy) is 1. The van der Waals surface area contributed by atoms with Gasteiger partial charge in [-0.05, 0) is 56.6 Å². The monoisotopic (exact) mass is 495 g/mol. The molecule has 3 aromatic rings. The Bertz CT molecular complexity index is 1130. The lowest BCUT2D eigenvalue weighted by Gasteiger charge is -2.26. The standard InChI is InChI=1S/C22H24ClN3O.C2HF3O2/c1-15-12-17(23)13-19(22(15)27-18-8-10-24-11-9-18)21-14-20(25-26(21)2)16-6-4-3-5-7-16;3-2(4,5)1(6)7/h3-7,12-14,18,24H,8-11H2,1-2H3;(H,6,7). The molecular formula is C24H25ClF3N3O3. The number of hydrogen-bond acceptors (Lipinski definition) is 4. The van der Waals surface area contributed by atoms with E-state index >= 15 is 0 Å². The quantitative estimate of drug-likeness (QED) is 0.501. The molecule has 0 radical (unpaired) electrons. The van der Waals surface area contributed by atoms with E-state index in [2.05, 4.69) is 30.4 Å². The van der Waals surface area contributed by atoms with Gasteiger partial charge in [0, 0.05) is 23.2 Å². The summed E-state index contributed by atoms with van der Waals surface area (Å²) in [6.07, 6.45) is -2.82. The highest BCUT2D eigenvalue weighted by molar-refractivity contribution is 6.31. The predicted molar refractivity (Wildman–Crippen MR) is 124 cm³/mol. The van der Waals surface area contributed by atoms with Gasteiger partial charge in [-0.15, -0.1) is 0 Å². The number of hydrogen-bond donors (Lipinski definition) is 2. The zero-order valence-electron chi connectivity index (χ0n) is 18.7. The van der Waals surface area contributed by atoms with Crippen LogP contribution < -0.4 is 10.1 Å². The van der Waals surface area contributed by atoms with E-state index in [4.69, 9.17) is 31.3 Å². The summed E-state index contributed by atoms with van der Waals surface area (Å²) in [5.41, 5.74) is 5.09. The molecule has 6 nitrogen and oxygen atoms in total. The number of carboxylic acid groups (broad SMARTS) is 1. The molecule has 0 bridgehead atoms. The molecule has 10 heteroatoms. The number of alkyl halides is 3. The Kier molecular flexibility index (Phi) is 8.22. The van der Waals surface area contributed by atoms with Crippen LogP contribution in [0.5, 0.6) is 5.75 Å². The minimum absolute atomic E-state index is 0.228. The average Bonchev–Trinajstić information content (AvgIpc) is 3.18. The molecule has 0 atom stereocenters. The second kappa shape index (κ2) is 10.9. The molecule has 0 spiro atoms. The Balaban J connectivity index is 0.000000406. The number of halogens is 4. The van der Waals surface area contributed by atoms with E-state index in [1.807, 2.05) is 42.1 Å². The Labute approximate surface area is 200 Å². The summed E-state index contributed by atoms with van der Waals surface area (Å²) < 4.78 is 40.1. The van der Waals surface area contributed by atoms with Gasteiger partial charge in [-0.25, -0.2) is 4.79 Å². The van der Waals surface area contributed by atoms with Crippen LogP contribution in [0.2, 0.25) is 5.02 Å². The van der Waals surface area contributed by atoms with E-state index in [1.165, 1.54) is 0 Å². The lowest BCUT2D eigenvalue weighted by atomic mass is 10.0. The molecule has 0 amide bonds. The number of nitrogens with one attached hydrogen (secondary N) is 1. The molecule has 2 N–H and O–H groups in total. The normalized spacial score (nSPS) is 14.3. The summed E-state index contributed by atoms with van der Waals surface area (Å²) in [6, 6.07) is 16.3. The molecule has 2 aromatic carbocycles. The van der Waals surface area contributed by atoms with Gasteiger partial charge in [0.05, 0.1) is 11.4 Å². The van der Waals surface area contributed by atoms with Crippen molar-refractivity contribution in [3.8, 4) is 28.3 Å². The van der Waals surface area contributed by atoms with Crippen LogP contribution in [0.4, 0.5) is 13.2 Å². The van der Waals surface area contributed by atoms with Crippen molar-refractivity contribution in [1.82, 2.24) is 15.1 Å². The number of carbonyl (C=O) groups is 1. The summed E-state index contributed by atoms with van der Waals surface area (Å²) in [7, 11) is 1.96. The Morgan fingerprint density at radius 3 is 2.38 bits per heavy atom. The first-order valence-corrected chi connectivity index (χ1v) is 11.0. The van der Waals surface area contributed by atoms with Gasteiger partial charge >= 0.3 is 12.1 Å². The van der Waals surface area contributed by atoms with Crippen molar-refractivity contribution in [3.05, 3.63) is 59.1 Å². The number of aliphatic carboxylic acids is 1. The Morgan fingerprint density at radius 1 is 1.18 bits per heavy atom. The van der Waals surface area contributed by atoms with Gasteiger partial charge in [-0.2, -0.15) is 18.3 Å². The third-order valence-electron chi connectivity index (χ3n) is 5.28. The van der Waals surface area contributed by atoms with E-state index in [0.29, 0.717) is 5.02 Å². The SMILES string of the molecule is Cc1cc(Cl)cc(-c2cc(-c3ccccc3)nn2C)c1OC1CCNCC1.O=C(O)C(F)(F)F. The van der Waals surface area contributed by atoms with E-state index in [9.17, 15) is 13.2 Å². The molecule has 1 aromatic heterocycles. The van der Waals surface area contributed by atoms with Gasteiger partial charge in [0.2, 0.25) is 0 Å². The summed E-state index contributed by atoms with van der Waals surface area (Å²) >= 11 is 6.40. The van der Waals surface area contributed by atoms with Crippen LogP contribution in [0.25, 0.3) is 22.5 Å². The van der Waals surface area contributed by atoms with Crippen LogP contribution in [-0.4, -0.2) is 46.2 Å². The van der Waals surface area contributed by atoms with Crippen LogP contribution >= 0.6 is 11.6 Å². The minimum Gasteiger partial charge on any atom is -0.489 e. The van der Waals surface area contributed by atoms with Crippen molar-refractivity contribution in [3.63, 3.8) is 0 Å². The number of carboxylic acids is 1. The van der Waals surface area contributed by atoms with E-state index in [1.54, 1.807) is 0 Å². The van der Waals surface area contributed by atoms with Gasteiger partial charge in [-0.1, -0.05) is 41.9 Å².